The van der Waals surface area contributed by atoms with Gasteiger partial charge in [-0.3, -0.25) is 9.69 Å². The highest BCUT2D eigenvalue weighted by atomic mass is 16.5. The van der Waals surface area contributed by atoms with Gasteiger partial charge in [0, 0.05) is 30.1 Å². The van der Waals surface area contributed by atoms with E-state index < -0.39 is 0 Å². The molecule has 5 nitrogen and oxygen atoms in total. The van der Waals surface area contributed by atoms with Crippen LogP contribution < -0.4 is 5.32 Å². The number of hydrogen-bond donors (Lipinski definition) is 1. The fourth-order valence-corrected chi connectivity index (χ4v) is 3.27. The van der Waals surface area contributed by atoms with Gasteiger partial charge in [-0.2, -0.15) is 0 Å². The molecule has 2 aliphatic rings. The molecule has 2 fully saturated rings. The van der Waals surface area contributed by atoms with Gasteiger partial charge in [0.05, 0.1) is 0 Å². The second-order valence-corrected chi connectivity index (χ2v) is 7.54. The van der Waals surface area contributed by atoms with Crippen LogP contribution in [0.1, 0.15) is 75.0 Å². The Morgan fingerprint density at radius 1 is 1.41 bits per heavy atom. The third kappa shape index (κ3) is 3.69. The predicted octanol–water partition coefficient (Wildman–Crippen LogP) is 2.93. The summed E-state index contributed by atoms with van der Waals surface area (Å²) in [6.45, 7) is 8.42. The van der Waals surface area contributed by atoms with Gasteiger partial charge >= 0.3 is 0 Å². The van der Waals surface area contributed by atoms with E-state index in [1.807, 2.05) is 0 Å². The number of nitrogens with zero attached hydrogens (tertiary/aromatic N) is 2. The summed E-state index contributed by atoms with van der Waals surface area (Å²) < 4.78 is 5.27. The van der Waals surface area contributed by atoms with E-state index in [4.69, 9.17) is 4.52 Å². The standard InChI is InChI=1S/C17H27N3O2/c1-12-6-4-5-9-20(12)11-17(2,3)18-16(21)14-10-15(22-19-14)13-7-8-13/h10,12-13H,4-9,11H2,1-3H3,(H,18,21)/t12-/m1/s1. The number of carbonyl (C=O) groups excluding carboxylic acids is 1. The zero-order valence-electron chi connectivity index (χ0n) is 13.9. The largest absolute Gasteiger partial charge is 0.360 e. The van der Waals surface area contributed by atoms with Crippen molar-refractivity contribution >= 4 is 5.91 Å². The van der Waals surface area contributed by atoms with Crippen LogP contribution in [-0.2, 0) is 0 Å². The zero-order chi connectivity index (χ0) is 15.7. The Hall–Kier alpha value is -1.36. The van der Waals surface area contributed by atoms with Gasteiger partial charge in [0.25, 0.3) is 5.91 Å². The number of piperidine rings is 1. The molecule has 0 spiro atoms. The minimum Gasteiger partial charge on any atom is -0.360 e. The minimum atomic E-state index is -0.276. The maximum atomic E-state index is 12.4. The van der Waals surface area contributed by atoms with Gasteiger partial charge in [-0.1, -0.05) is 11.6 Å². The molecule has 1 aliphatic heterocycles. The topological polar surface area (TPSA) is 58.4 Å². The summed E-state index contributed by atoms with van der Waals surface area (Å²) in [5, 5.41) is 7.03. The van der Waals surface area contributed by atoms with Crippen molar-refractivity contribution in [2.75, 3.05) is 13.1 Å². The molecule has 1 aromatic rings. The van der Waals surface area contributed by atoms with Gasteiger partial charge in [-0.05, 0) is 53.0 Å². The van der Waals surface area contributed by atoms with E-state index in [1.54, 1.807) is 6.07 Å². The lowest BCUT2D eigenvalue weighted by molar-refractivity contribution is 0.0826. The number of aromatic nitrogens is 1. The fourth-order valence-electron chi connectivity index (χ4n) is 3.27. The van der Waals surface area contributed by atoms with Crippen LogP contribution in [0.25, 0.3) is 0 Å². The highest BCUT2D eigenvalue weighted by Crippen LogP contribution is 2.40. The number of carbonyl (C=O) groups is 1. The molecule has 122 valence electrons. The first kappa shape index (κ1) is 15.5. The highest BCUT2D eigenvalue weighted by Gasteiger charge is 2.31. The molecular formula is C17H27N3O2. The van der Waals surface area contributed by atoms with Crippen LogP contribution >= 0.6 is 0 Å². The van der Waals surface area contributed by atoms with Gasteiger partial charge in [0.15, 0.2) is 5.69 Å². The third-order valence-corrected chi connectivity index (χ3v) is 4.73. The molecule has 22 heavy (non-hydrogen) atoms. The van der Waals surface area contributed by atoms with Crippen LogP contribution in [-0.4, -0.2) is 40.6 Å². The Balaban J connectivity index is 1.58. The first-order chi connectivity index (χ1) is 10.4. The molecule has 1 N–H and O–H groups in total. The van der Waals surface area contributed by atoms with Crippen molar-refractivity contribution in [3.8, 4) is 0 Å². The van der Waals surface area contributed by atoms with Crippen LogP contribution in [0.5, 0.6) is 0 Å². The van der Waals surface area contributed by atoms with Crippen LogP contribution in [0, 0.1) is 0 Å². The van der Waals surface area contributed by atoms with Crippen LogP contribution in [0.3, 0.4) is 0 Å². The number of hydrogen-bond acceptors (Lipinski definition) is 4. The molecule has 5 heteroatoms. The average Bonchev–Trinajstić information content (AvgIpc) is 3.18. The van der Waals surface area contributed by atoms with Crippen molar-refractivity contribution in [1.82, 2.24) is 15.4 Å². The van der Waals surface area contributed by atoms with E-state index in [0.717, 1.165) is 31.7 Å². The van der Waals surface area contributed by atoms with Crippen molar-refractivity contribution in [2.45, 2.75) is 70.4 Å². The Morgan fingerprint density at radius 2 is 2.18 bits per heavy atom. The molecule has 1 aromatic heterocycles. The van der Waals surface area contributed by atoms with Crippen molar-refractivity contribution in [1.29, 1.82) is 0 Å². The van der Waals surface area contributed by atoms with E-state index in [1.165, 1.54) is 19.3 Å². The van der Waals surface area contributed by atoms with Crippen molar-refractivity contribution < 1.29 is 9.32 Å². The molecule has 2 heterocycles. The summed E-state index contributed by atoms with van der Waals surface area (Å²) in [6, 6.07) is 2.39. The molecule has 0 radical (unpaired) electrons. The summed E-state index contributed by atoms with van der Waals surface area (Å²) in [7, 11) is 0. The number of likely N-dealkylation sites (tertiary alicyclic amines) is 1. The Labute approximate surface area is 132 Å². The lowest BCUT2D eigenvalue weighted by Gasteiger charge is -2.39. The molecule has 1 saturated heterocycles. The number of rotatable bonds is 5. The summed E-state index contributed by atoms with van der Waals surface area (Å²) >= 11 is 0. The minimum absolute atomic E-state index is 0.134. The van der Waals surface area contributed by atoms with Gasteiger partial charge in [0.2, 0.25) is 0 Å². The molecule has 1 atom stereocenters. The summed E-state index contributed by atoms with van der Waals surface area (Å²) in [5.74, 6) is 1.20. The molecule has 1 amide bonds. The molecule has 0 aromatic carbocycles. The quantitative estimate of drug-likeness (QED) is 0.908. The molecule has 1 saturated carbocycles. The van der Waals surface area contributed by atoms with Crippen molar-refractivity contribution in [3.05, 3.63) is 17.5 Å². The van der Waals surface area contributed by atoms with Crippen LogP contribution in [0.2, 0.25) is 0 Å². The maximum Gasteiger partial charge on any atom is 0.273 e. The lowest BCUT2D eigenvalue weighted by atomic mass is 9.98. The highest BCUT2D eigenvalue weighted by molar-refractivity contribution is 5.92. The Bertz CT molecular complexity index is 534. The second kappa shape index (κ2) is 6.03. The van der Waals surface area contributed by atoms with E-state index in [-0.39, 0.29) is 11.4 Å². The van der Waals surface area contributed by atoms with Gasteiger partial charge < -0.3 is 9.84 Å². The lowest BCUT2D eigenvalue weighted by Crippen LogP contribution is -2.54. The summed E-state index contributed by atoms with van der Waals surface area (Å²) in [5.41, 5.74) is 0.128. The van der Waals surface area contributed by atoms with Crippen LogP contribution in [0.4, 0.5) is 0 Å². The smallest absolute Gasteiger partial charge is 0.273 e. The Kier molecular flexibility index (Phi) is 4.26. The van der Waals surface area contributed by atoms with E-state index >= 15 is 0 Å². The summed E-state index contributed by atoms with van der Waals surface area (Å²) in [6.07, 6.45) is 6.11. The normalized spacial score (nSPS) is 23.5. The zero-order valence-corrected chi connectivity index (χ0v) is 13.9. The van der Waals surface area contributed by atoms with Gasteiger partial charge in [-0.25, -0.2) is 0 Å². The maximum absolute atomic E-state index is 12.4. The number of nitrogens with one attached hydrogen (secondary N) is 1. The third-order valence-electron chi connectivity index (χ3n) is 4.73. The van der Waals surface area contributed by atoms with Crippen molar-refractivity contribution in [2.24, 2.45) is 0 Å². The SMILES string of the molecule is C[C@@H]1CCCCN1CC(C)(C)NC(=O)c1cc(C2CC2)on1. The first-order valence-corrected chi connectivity index (χ1v) is 8.48. The van der Waals surface area contributed by atoms with Crippen LogP contribution in [0.15, 0.2) is 10.6 Å². The molecule has 0 unspecified atom stereocenters. The first-order valence-electron chi connectivity index (χ1n) is 8.48. The predicted molar refractivity (Wildman–Crippen MR) is 84.9 cm³/mol. The molecule has 1 aliphatic carbocycles. The van der Waals surface area contributed by atoms with Gasteiger partial charge in [-0.15, -0.1) is 0 Å². The molecular weight excluding hydrogens is 278 g/mol. The summed E-state index contributed by atoms with van der Waals surface area (Å²) in [4.78, 5) is 14.9. The van der Waals surface area contributed by atoms with E-state index in [0.29, 0.717) is 17.7 Å². The number of amides is 1. The Morgan fingerprint density at radius 3 is 2.86 bits per heavy atom. The monoisotopic (exact) mass is 305 g/mol. The van der Waals surface area contributed by atoms with Gasteiger partial charge in [0.1, 0.15) is 5.76 Å². The fraction of sp³-hybridized carbons (Fsp3) is 0.765. The molecule has 0 bridgehead atoms. The molecule has 3 rings (SSSR count). The van der Waals surface area contributed by atoms with E-state index in [2.05, 4.69) is 36.1 Å². The van der Waals surface area contributed by atoms with E-state index in [9.17, 15) is 4.79 Å². The second-order valence-electron chi connectivity index (χ2n) is 7.54. The van der Waals surface area contributed by atoms with Crippen molar-refractivity contribution in [3.63, 3.8) is 0 Å². The average molecular weight is 305 g/mol.